The van der Waals surface area contributed by atoms with Crippen molar-refractivity contribution in [1.82, 2.24) is 4.98 Å². The van der Waals surface area contributed by atoms with Gasteiger partial charge in [-0.25, -0.2) is 15.0 Å². The van der Waals surface area contributed by atoms with Gasteiger partial charge in [0.15, 0.2) is 10.8 Å². The Morgan fingerprint density at radius 3 is 2.75 bits per heavy atom. The summed E-state index contributed by atoms with van der Waals surface area (Å²) < 4.78 is 0. The lowest BCUT2D eigenvalue weighted by Crippen LogP contribution is -2.03. The summed E-state index contributed by atoms with van der Waals surface area (Å²) in [6.45, 7) is 5.47. The molecule has 1 aromatic rings. The van der Waals surface area contributed by atoms with E-state index < -0.39 is 0 Å². The number of thiazole rings is 1. The minimum Gasteiger partial charge on any atom is -0.250 e. The average molecular weight is 235 g/mol. The Morgan fingerprint density at radius 1 is 1.38 bits per heavy atom. The van der Waals surface area contributed by atoms with Gasteiger partial charge in [0.05, 0.1) is 0 Å². The number of hydrogen-bond acceptors (Lipinski definition) is 4. The third kappa shape index (κ3) is 2.38. The van der Waals surface area contributed by atoms with E-state index in [9.17, 15) is 0 Å². The van der Waals surface area contributed by atoms with Gasteiger partial charge in [-0.15, -0.1) is 0 Å². The van der Waals surface area contributed by atoms with Crippen LogP contribution in [0.15, 0.2) is 9.98 Å². The van der Waals surface area contributed by atoms with E-state index in [1.54, 1.807) is 17.6 Å². The Hall–Kier alpha value is -1.03. The van der Waals surface area contributed by atoms with Crippen molar-refractivity contribution in [2.24, 2.45) is 9.98 Å². The molecule has 0 atom stereocenters. The van der Waals surface area contributed by atoms with Gasteiger partial charge in [0.25, 0.3) is 0 Å². The van der Waals surface area contributed by atoms with Crippen molar-refractivity contribution in [2.45, 2.75) is 44.9 Å². The highest BCUT2D eigenvalue weighted by Gasteiger charge is 2.20. The normalized spacial score (nSPS) is 18.1. The largest absolute Gasteiger partial charge is 0.250 e. The number of aromatic nitrogens is 1. The zero-order valence-electron chi connectivity index (χ0n) is 9.65. The smallest absolute Gasteiger partial charge is 0.189 e. The first-order valence-corrected chi connectivity index (χ1v) is 6.63. The number of aliphatic imine (C=N–C) groups is 2. The summed E-state index contributed by atoms with van der Waals surface area (Å²) in [6, 6.07) is 0. The Balaban J connectivity index is 2.23. The Bertz CT molecular complexity index is 389. The first-order valence-electron chi connectivity index (χ1n) is 5.81. The molecule has 1 heterocycles. The first kappa shape index (κ1) is 11.5. The van der Waals surface area contributed by atoms with Crippen molar-refractivity contribution in [1.29, 1.82) is 0 Å². The molecule has 0 unspecified atom stereocenters. The quantitative estimate of drug-likeness (QED) is 0.722. The van der Waals surface area contributed by atoms with E-state index in [0.717, 1.165) is 10.8 Å². The highest BCUT2D eigenvalue weighted by Crippen LogP contribution is 2.41. The van der Waals surface area contributed by atoms with E-state index in [1.807, 2.05) is 6.92 Å². The van der Waals surface area contributed by atoms with Gasteiger partial charge >= 0.3 is 0 Å². The molecule has 0 amide bonds. The lowest BCUT2D eigenvalue weighted by Gasteiger charge is -2.18. The molecule has 2 rings (SSSR count). The van der Waals surface area contributed by atoms with Crippen LogP contribution in [0.25, 0.3) is 0 Å². The van der Waals surface area contributed by atoms with Crippen LogP contribution in [-0.2, 0) is 0 Å². The molecule has 1 aliphatic carbocycles. The number of hydrogen-bond donors (Lipinski definition) is 0. The highest BCUT2D eigenvalue weighted by molar-refractivity contribution is 7.16. The minimum atomic E-state index is 0.625. The predicted octanol–water partition coefficient (Wildman–Crippen LogP) is 4.25. The third-order valence-corrected chi connectivity index (χ3v) is 4.10. The second-order valence-corrected chi connectivity index (χ2v) is 5.07. The van der Waals surface area contributed by atoms with Gasteiger partial charge in [-0.2, -0.15) is 0 Å². The van der Waals surface area contributed by atoms with Crippen LogP contribution in [0.3, 0.4) is 0 Å². The van der Waals surface area contributed by atoms with Crippen molar-refractivity contribution >= 4 is 35.1 Å². The van der Waals surface area contributed by atoms with E-state index >= 15 is 0 Å². The van der Waals surface area contributed by atoms with E-state index in [1.165, 1.54) is 37.1 Å². The maximum atomic E-state index is 4.58. The zero-order chi connectivity index (χ0) is 11.4. The molecular weight excluding hydrogens is 218 g/mol. The maximum Gasteiger partial charge on any atom is 0.189 e. The fourth-order valence-electron chi connectivity index (χ4n) is 2.15. The van der Waals surface area contributed by atoms with Gasteiger partial charge in [0, 0.05) is 12.1 Å². The fraction of sp³-hybridized carbons (Fsp3) is 0.583. The number of rotatable bonds is 3. The molecule has 3 nitrogen and oxygen atoms in total. The van der Waals surface area contributed by atoms with Crippen LogP contribution < -0.4 is 0 Å². The fourth-order valence-corrected chi connectivity index (χ4v) is 3.14. The van der Waals surface area contributed by atoms with E-state index in [-0.39, 0.29) is 0 Å². The summed E-state index contributed by atoms with van der Waals surface area (Å²) in [5, 5.41) is 2.06. The molecule has 0 bridgehead atoms. The Morgan fingerprint density at radius 2 is 2.12 bits per heavy atom. The van der Waals surface area contributed by atoms with E-state index in [0.29, 0.717) is 5.92 Å². The van der Waals surface area contributed by atoms with Crippen LogP contribution >= 0.6 is 11.3 Å². The van der Waals surface area contributed by atoms with E-state index in [4.69, 9.17) is 0 Å². The first-order chi connectivity index (χ1) is 7.85. The SMILES string of the molecule is C=Nc1sc(C2CCCCC2)nc1/N=C\C. The molecule has 0 radical (unpaired) electrons. The third-order valence-electron chi connectivity index (χ3n) is 2.96. The van der Waals surface area contributed by atoms with Crippen LogP contribution in [0.5, 0.6) is 0 Å². The molecule has 86 valence electrons. The van der Waals surface area contributed by atoms with Gasteiger partial charge in [0.2, 0.25) is 0 Å². The van der Waals surface area contributed by atoms with Crippen LogP contribution in [-0.4, -0.2) is 17.9 Å². The second kappa shape index (κ2) is 5.34. The van der Waals surface area contributed by atoms with Crippen LogP contribution in [0, 0.1) is 0 Å². The lowest BCUT2D eigenvalue weighted by atomic mass is 9.90. The van der Waals surface area contributed by atoms with Crippen LogP contribution in [0.1, 0.15) is 50.0 Å². The molecule has 0 spiro atoms. The summed E-state index contributed by atoms with van der Waals surface area (Å²) in [5.41, 5.74) is 0. The summed E-state index contributed by atoms with van der Waals surface area (Å²) in [7, 11) is 0. The summed E-state index contributed by atoms with van der Waals surface area (Å²) in [6.07, 6.45) is 8.31. The van der Waals surface area contributed by atoms with E-state index in [2.05, 4.69) is 21.7 Å². The van der Waals surface area contributed by atoms with Crippen molar-refractivity contribution in [3.05, 3.63) is 5.01 Å². The molecular formula is C12H17N3S. The molecule has 1 fully saturated rings. The summed E-state index contributed by atoms with van der Waals surface area (Å²) in [4.78, 5) is 12.8. The molecule has 1 aromatic heterocycles. The van der Waals surface area contributed by atoms with Gasteiger partial charge in [-0.05, 0) is 26.5 Å². The summed E-state index contributed by atoms with van der Waals surface area (Å²) in [5.74, 6) is 1.36. The lowest BCUT2D eigenvalue weighted by molar-refractivity contribution is 0.442. The van der Waals surface area contributed by atoms with Crippen molar-refractivity contribution in [3.63, 3.8) is 0 Å². The molecule has 0 aromatic carbocycles. The van der Waals surface area contributed by atoms with Gasteiger partial charge < -0.3 is 0 Å². The second-order valence-electron chi connectivity index (χ2n) is 4.06. The van der Waals surface area contributed by atoms with Gasteiger partial charge in [-0.3, -0.25) is 0 Å². The maximum absolute atomic E-state index is 4.58. The average Bonchev–Trinajstić information content (AvgIpc) is 2.74. The monoisotopic (exact) mass is 235 g/mol. The van der Waals surface area contributed by atoms with Crippen molar-refractivity contribution in [3.8, 4) is 0 Å². The molecule has 1 saturated carbocycles. The molecule has 0 aliphatic heterocycles. The topological polar surface area (TPSA) is 37.6 Å². The molecule has 4 heteroatoms. The summed E-state index contributed by atoms with van der Waals surface area (Å²) >= 11 is 1.65. The van der Waals surface area contributed by atoms with Crippen LogP contribution in [0.2, 0.25) is 0 Å². The highest BCUT2D eigenvalue weighted by atomic mass is 32.1. The molecule has 0 N–H and O–H groups in total. The van der Waals surface area contributed by atoms with Crippen LogP contribution in [0.4, 0.5) is 10.8 Å². The molecule has 1 aliphatic rings. The zero-order valence-corrected chi connectivity index (χ0v) is 10.5. The van der Waals surface area contributed by atoms with Gasteiger partial charge in [0.1, 0.15) is 5.01 Å². The molecule has 0 saturated heterocycles. The minimum absolute atomic E-state index is 0.625. The Labute approximate surface area is 100 Å². The standard InChI is InChI=1S/C12H17N3S/c1-3-14-10-12(13-2)16-11(15-10)9-7-5-4-6-8-9/h3,9H,2,4-8H2,1H3/b14-3-. The predicted molar refractivity (Wildman–Crippen MR) is 71.0 cm³/mol. The Kier molecular flexibility index (Phi) is 3.83. The van der Waals surface area contributed by atoms with Gasteiger partial charge in [-0.1, -0.05) is 30.6 Å². The number of nitrogens with zero attached hydrogens (tertiary/aromatic N) is 3. The van der Waals surface area contributed by atoms with Crippen molar-refractivity contribution in [2.75, 3.05) is 0 Å². The van der Waals surface area contributed by atoms with Crippen molar-refractivity contribution < 1.29 is 0 Å². The molecule has 16 heavy (non-hydrogen) atoms.